The van der Waals surface area contributed by atoms with Crippen molar-refractivity contribution in [3.8, 4) is 0 Å². The number of hydrogen-bond acceptors (Lipinski definition) is 6. The van der Waals surface area contributed by atoms with E-state index in [0.29, 0.717) is 5.58 Å². The molecule has 1 aromatic carbocycles. The number of amides is 1. The fraction of sp³-hybridized carbons (Fsp3) is 0.0714. The molecule has 0 bridgehead atoms. The molecule has 1 amide bonds. The van der Waals surface area contributed by atoms with E-state index in [1.54, 1.807) is 17.6 Å². The Balaban J connectivity index is 0.000000212. The van der Waals surface area contributed by atoms with Crippen LogP contribution in [-0.2, 0) is 9.53 Å². The zero-order valence-electron chi connectivity index (χ0n) is 11.3. The standard InChI is InChI=1S/C9H6O2.C5H8N2O3/c10-9-6-5-7-3-1-2-4-8(7)11-9;1-3(2)4(8)10-5(9)7-6/h1-6H;1,6H2,2H3,(H,7,9). The molecule has 0 saturated heterocycles. The largest absolute Gasteiger partial charge is 0.429 e. The number of esters is 1. The van der Waals surface area contributed by atoms with E-state index < -0.39 is 12.1 Å². The third-order valence-electron chi connectivity index (χ3n) is 2.18. The molecule has 7 heteroatoms. The maximum Gasteiger partial charge on any atom is 0.429 e. The van der Waals surface area contributed by atoms with Crippen molar-refractivity contribution in [2.75, 3.05) is 0 Å². The van der Waals surface area contributed by atoms with E-state index in [9.17, 15) is 14.4 Å². The Hall–Kier alpha value is -2.93. The van der Waals surface area contributed by atoms with Gasteiger partial charge in [-0.1, -0.05) is 24.8 Å². The average Bonchev–Trinajstić information content (AvgIpc) is 2.47. The normalized spacial score (nSPS) is 9.24. The van der Waals surface area contributed by atoms with Gasteiger partial charge in [0.25, 0.3) is 0 Å². The highest BCUT2D eigenvalue weighted by Crippen LogP contribution is 2.08. The topological polar surface area (TPSA) is 112 Å². The van der Waals surface area contributed by atoms with Crippen LogP contribution in [-0.4, -0.2) is 12.1 Å². The number of hydrogen-bond donors (Lipinski definition) is 2. The molecule has 2 rings (SSSR count). The monoisotopic (exact) mass is 290 g/mol. The van der Waals surface area contributed by atoms with Crippen molar-refractivity contribution in [1.29, 1.82) is 0 Å². The number of nitrogens with one attached hydrogen (secondary N) is 1. The molecule has 0 atom stereocenters. The van der Waals surface area contributed by atoms with E-state index in [0.717, 1.165) is 5.39 Å². The molecule has 0 radical (unpaired) electrons. The van der Waals surface area contributed by atoms with E-state index >= 15 is 0 Å². The van der Waals surface area contributed by atoms with Crippen molar-refractivity contribution in [3.63, 3.8) is 0 Å². The van der Waals surface area contributed by atoms with Crippen LogP contribution in [0.4, 0.5) is 4.79 Å². The summed E-state index contributed by atoms with van der Waals surface area (Å²) < 4.78 is 8.95. The second-order valence-electron chi connectivity index (χ2n) is 3.89. The van der Waals surface area contributed by atoms with Gasteiger partial charge in [0.2, 0.25) is 0 Å². The Labute approximate surface area is 120 Å². The third kappa shape index (κ3) is 5.29. The lowest BCUT2D eigenvalue weighted by atomic mass is 10.2. The van der Waals surface area contributed by atoms with Crippen LogP contribution in [0, 0.1) is 0 Å². The fourth-order valence-electron chi connectivity index (χ4n) is 1.21. The molecule has 2 aromatic rings. The fourth-order valence-corrected chi connectivity index (χ4v) is 1.21. The maximum atomic E-state index is 10.7. The summed E-state index contributed by atoms with van der Waals surface area (Å²) in [5.74, 6) is 3.83. The molecule has 0 saturated carbocycles. The first-order chi connectivity index (χ1) is 9.93. The molecule has 1 heterocycles. The van der Waals surface area contributed by atoms with Gasteiger partial charge in [-0.15, -0.1) is 0 Å². The molecule has 0 spiro atoms. The number of nitrogens with two attached hydrogens (primary N) is 1. The summed E-state index contributed by atoms with van der Waals surface area (Å²) in [6.07, 6.45) is -0.993. The Morgan fingerprint density at radius 1 is 1.24 bits per heavy atom. The van der Waals surface area contributed by atoms with Crippen LogP contribution >= 0.6 is 0 Å². The highest BCUT2D eigenvalue weighted by Gasteiger charge is 2.07. The lowest BCUT2D eigenvalue weighted by Crippen LogP contribution is -2.32. The van der Waals surface area contributed by atoms with E-state index in [4.69, 9.17) is 4.42 Å². The van der Waals surface area contributed by atoms with Crippen LogP contribution in [0.1, 0.15) is 6.92 Å². The van der Waals surface area contributed by atoms with Crippen LogP contribution in [0.25, 0.3) is 11.0 Å². The first kappa shape index (κ1) is 16.1. The highest BCUT2D eigenvalue weighted by molar-refractivity contribution is 5.94. The van der Waals surface area contributed by atoms with Crippen LogP contribution < -0.4 is 16.9 Å². The summed E-state index contributed by atoms with van der Waals surface area (Å²) in [4.78, 5) is 31.4. The van der Waals surface area contributed by atoms with Gasteiger partial charge in [-0.2, -0.15) is 0 Å². The van der Waals surface area contributed by atoms with Gasteiger partial charge in [-0.25, -0.2) is 20.2 Å². The van der Waals surface area contributed by atoms with E-state index in [1.165, 1.54) is 13.0 Å². The number of carbonyl (C=O) groups is 2. The molecule has 110 valence electrons. The smallest absolute Gasteiger partial charge is 0.423 e. The Kier molecular flexibility index (Phi) is 5.84. The van der Waals surface area contributed by atoms with Crippen molar-refractivity contribution in [2.24, 2.45) is 5.84 Å². The Morgan fingerprint density at radius 3 is 2.52 bits per heavy atom. The number of benzene rings is 1. The number of para-hydroxylation sites is 1. The van der Waals surface area contributed by atoms with Gasteiger partial charge in [0.15, 0.2) is 0 Å². The molecule has 1 aromatic heterocycles. The van der Waals surface area contributed by atoms with Crippen LogP contribution in [0.15, 0.2) is 57.8 Å². The zero-order chi connectivity index (χ0) is 15.8. The molecule has 7 nitrogen and oxygen atoms in total. The molecular weight excluding hydrogens is 276 g/mol. The van der Waals surface area contributed by atoms with Crippen molar-refractivity contribution in [2.45, 2.75) is 6.92 Å². The Morgan fingerprint density at radius 2 is 1.90 bits per heavy atom. The minimum absolute atomic E-state index is 0.142. The maximum absolute atomic E-state index is 10.7. The van der Waals surface area contributed by atoms with Crippen molar-refractivity contribution in [3.05, 3.63) is 59.0 Å². The summed E-state index contributed by atoms with van der Waals surface area (Å²) in [5, 5.41) is 0.951. The second-order valence-corrected chi connectivity index (χ2v) is 3.89. The predicted molar refractivity (Wildman–Crippen MR) is 76.1 cm³/mol. The summed E-state index contributed by atoms with van der Waals surface area (Å²) >= 11 is 0. The van der Waals surface area contributed by atoms with Gasteiger partial charge >= 0.3 is 17.7 Å². The van der Waals surface area contributed by atoms with Gasteiger partial charge in [0.05, 0.1) is 0 Å². The van der Waals surface area contributed by atoms with Crippen LogP contribution in [0.5, 0.6) is 0 Å². The number of rotatable bonds is 1. The van der Waals surface area contributed by atoms with Crippen LogP contribution in [0.2, 0.25) is 0 Å². The van der Waals surface area contributed by atoms with Crippen molar-refractivity contribution >= 4 is 23.0 Å². The SMILES string of the molecule is C=C(C)C(=O)OC(=O)NN.O=c1ccc2ccccc2o1. The lowest BCUT2D eigenvalue weighted by molar-refractivity contribution is -0.132. The first-order valence-corrected chi connectivity index (χ1v) is 5.81. The minimum atomic E-state index is -0.993. The first-order valence-electron chi connectivity index (χ1n) is 5.81. The van der Waals surface area contributed by atoms with Gasteiger partial charge in [-0.3, -0.25) is 5.43 Å². The third-order valence-corrected chi connectivity index (χ3v) is 2.18. The van der Waals surface area contributed by atoms with Gasteiger partial charge in [-0.05, 0) is 19.1 Å². The zero-order valence-corrected chi connectivity index (χ0v) is 11.3. The molecule has 21 heavy (non-hydrogen) atoms. The van der Waals surface area contributed by atoms with Gasteiger partial charge in [0.1, 0.15) is 5.58 Å². The number of carbonyl (C=O) groups excluding carboxylic acids is 2. The van der Waals surface area contributed by atoms with Crippen molar-refractivity contribution < 1.29 is 18.7 Å². The molecule has 0 aliphatic carbocycles. The number of fused-ring (bicyclic) bond motifs is 1. The summed E-state index contributed by atoms with van der Waals surface area (Å²) in [7, 11) is 0. The quantitative estimate of drug-likeness (QED) is 0.156. The molecule has 0 aliphatic rings. The van der Waals surface area contributed by atoms with Gasteiger partial charge in [0, 0.05) is 17.0 Å². The number of hydrazine groups is 1. The average molecular weight is 290 g/mol. The molecule has 0 fully saturated rings. The van der Waals surface area contributed by atoms with E-state index in [1.807, 2.05) is 18.2 Å². The highest BCUT2D eigenvalue weighted by atomic mass is 16.6. The molecule has 3 N–H and O–H groups in total. The van der Waals surface area contributed by atoms with Crippen LogP contribution in [0.3, 0.4) is 0 Å². The van der Waals surface area contributed by atoms with E-state index in [2.05, 4.69) is 17.2 Å². The summed E-state index contributed by atoms with van der Waals surface area (Å²) in [5.41, 5.74) is 2.11. The Bertz CT molecular complexity index is 720. The minimum Gasteiger partial charge on any atom is -0.423 e. The predicted octanol–water partition coefficient (Wildman–Crippen LogP) is 1.48. The summed E-state index contributed by atoms with van der Waals surface area (Å²) in [6, 6.07) is 10.6. The van der Waals surface area contributed by atoms with Gasteiger partial charge < -0.3 is 9.15 Å². The van der Waals surface area contributed by atoms with E-state index in [-0.39, 0.29) is 11.2 Å². The lowest BCUT2D eigenvalue weighted by Gasteiger charge is -1.98. The second kappa shape index (κ2) is 7.61. The number of ether oxygens (including phenoxy) is 1. The molecular formula is C14H14N2O5. The molecule has 0 aliphatic heterocycles. The molecule has 0 unspecified atom stereocenters. The van der Waals surface area contributed by atoms with Crippen molar-refractivity contribution in [1.82, 2.24) is 5.43 Å². The summed E-state index contributed by atoms with van der Waals surface area (Å²) in [6.45, 7) is 4.67.